The number of anilines is 2. The molecule has 0 spiro atoms. The lowest BCUT2D eigenvalue weighted by molar-refractivity contribution is -0.144. The van der Waals surface area contributed by atoms with Gasteiger partial charge in [0.25, 0.3) is 5.91 Å². The van der Waals surface area contributed by atoms with E-state index < -0.39 is 64.2 Å². The number of benzene rings is 3. The molecule has 2 aliphatic rings. The van der Waals surface area contributed by atoms with Crippen LogP contribution < -0.4 is 25.2 Å². The molecule has 2 aliphatic heterocycles. The first-order valence-corrected chi connectivity index (χ1v) is 24.6. The molecule has 15 nitrogen and oxygen atoms in total. The molecule has 0 radical (unpaired) electrons. The Morgan fingerprint density at radius 3 is 2.27 bits per heavy atom. The van der Waals surface area contributed by atoms with Crippen LogP contribution in [0.15, 0.2) is 72.2 Å². The standard InChI is InChI=1S/C51H60F3N7O8S2/c1-32-43(71-31-57-32)34-13-11-33(12-14-34)28-56-45(64)41-26-38(62)29-59(41)46(65)44(49(2,3)4)58-42(63)30-68-23-10-22-67-21-8-7-9-24-69-39-19-17-36(18-20-39)61-48(70)60(47(66)50(61,5)6)37-16-15-35(27-55)40(25-37)51(52,53)54/h11-20,25,31,38,41,44,62H,7-10,21-24,26,28-30H2,1-6H3,(H,56,64)(H,58,63). The average molecular weight is 1020 g/mol. The smallest absolute Gasteiger partial charge is 0.417 e. The number of aliphatic hydroxyl groups is 1. The predicted octanol–water partition coefficient (Wildman–Crippen LogP) is 7.71. The highest BCUT2D eigenvalue weighted by molar-refractivity contribution is 7.81. The summed E-state index contributed by atoms with van der Waals surface area (Å²) in [6, 6.07) is 17.5. The van der Waals surface area contributed by atoms with Crippen molar-refractivity contribution in [1.82, 2.24) is 20.5 Å². The van der Waals surface area contributed by atoms with Gasteiger partial charge in [-0.15, -0.1) is 11.3 Å². The third-order valence-corrected chi connectivity index (χ3v) is 13.5. The summed E-state index contributed by atoms with van der Waals surface area (Å²) < 4.78 is 58.4. The number of hydrogen-bond acceptors (Lipinski definition) is 12. The zero-order valence-corrected chi connectivity index (χ0v) is 42.3. The van der Waals surface area contributed by atoms with Gasteiger partial charge in [-0.1, -0.05) is 45.0 Å². The first-order valence-electron chi connectivity index (χ1n) is 23.3. The summed E-state index contributed by atoms with van der Waals surface area (Å²) in [4.78, 5) is 63.3. The van der Waals surface area contributed by atoms with Crippen molar-refractivity contribution in [2.45, 2.75) is 110 Å². The molecule has 3 unspecified atom stereocenters. The van der Waals surface area contributed by atoms with Gasteiger partial charge < -0.3 is 39.8 Å². The monoisotopic (exact) mass is 1020 g/mol. The number of aryl methyl sites for hydroxylation is 1. The van der Waals surface area contributed by atoms with E-state index in [0.29, 0.717) is 37.7 Å². The number of β-amino-alcohol motifs (C(OH)–C–C–N with tert-alkyl or cyclic N) is 1. The maximum absolute atomic E-state index is 13.9. The number of carbonyl (C=O) groups is 4. The number of rotatable bonds is 21. The zero-order valence-electron chi connectivity index (χ0n) is 40.6. The van der Waals surface area contributed by atoms with Gasteiger partial charge in [0.05, 0.1) is 51.7 Å². The van der Waals surface area contributed by atoms with Crippen molar-refractivity contribution in [2.75, 3.05) is 49.4 Å². The van der Waals surface area contributed by atoms with Gasteiger partial charge in [-0.3, -0.25) is 24.1 Å². The van der Waals surface area contributed by atoms with E-state index in [1.807, 2.05) is 52.0 Å². The van der Waals surface area contributed by atoms with E-state index in [0.717, 1.165) is 58.0 Å². The van der Waals surface area contributed by atoms with Crippen molar-refractivity contribution in [3.8, 4) is 22.3 Å². The number of nitriles is 1. The molecule has 71 heavy (non-hydrogen) atoms. The molecule has 380 valence electrons. The Bertz CT molecular complexity index is 2580. The molecule has 6 rings (SSSR count). The molecule has 2 fully saturated rings. The van der Waals surface area contributed by atoms with Gasteiger partial charge in [-0.2, -0.15) is 18.4 Å². The Labute approximate surface area is 421 Å². The minimum absolute atomic E-state index is 0.000625. The topological polar surface area (TPSA) is 187 Å². The second kappa shape index (κ2) is 23.5. The van der Waals surface area contributed by atoms with Crippen LogP contribution in [0.3, 0.4) is 0 Å². The van der Waals surface area contributed by atoms with Crippen LogP contribution in [0, 0.1) is 23.7 Å². The molecule has 1 aromatic heterocycles. The normalized spacial score (nSPS) is 17.3. The minimum atomic E-state index is -4.80. The van der Waals surface area contributed by atoms with E-state index in [4.69, 9.17) is 26.4 Å². The van der Waals surface area contributed by atoms with E-state index in [1.54, 1.807) is 65.9 Å². The number of nitrogens with zero attached hydrogens (tertiary/aromatic N) is 5. The Morgan fingerprint density at radius 1 is 0.958 bits per heavy atom. The van der Waals surface area contributed by atoms with Crippen molar-refractivity contribution in [3.63, 3.8) is 0 Å². The number of hydrogen-bond donors (Lipinski definition) is 3. The van der Waals surface area contributed by atoms with Crippen LogP contribution >= 0.6 is 23.6 Å². The maximum Gasteiger partial charge on any atom is 0.417 e. The molecule has 3 N–H and O–H groups in total. The first-order chi connectivity index (χ1) is 33.6. The summed E-state index contributed by atoms with van der Waals surface area (Å²) >= 11 is 7.18. The van der Waals surface area contributed by atoms with Crippen LogP contribution in [0.5, 0.6) is 5.75 Å². The maximum atomic E-state index is 13.9. The van der Waals surface area contributed by atoms with E-state index in [9.17, 15) is 42.7 Å². The number of carbonyl (C=O) groups excluding carboxylic acids is 4. The molecule has 3 heterocycles. The first kappa shape index (κ1) is 54.4. The Kier molecular flexibility index (Phi) is 18.0. The fraction of sp³-hybridized carbons (Fsp3) is 0.471. The summed E-state index contributed by atoms with van der Waals surface area (Å²) in [5.41, 5.74) is 1.50. The summed E-state index contributed by atoms with van der Waals surface area (Å²) in [6.45, 7) is 12.3. The van der Waals surface area contributed by atoms with E-state index in [-0.39, 0.29) is 49.4 Å². The lowest BCUT2D eigenvalue weighted by Crippen LogP contribution is -2.58. The predicted molar refractivity (Wildman–Crippen MR) is 266 cm³/mol. The molecular formula is C51H60F3N7O8S2. The van der Waals surface area contributed by atoms with E-state index >= 15 is 0 Å². The fourth-order valence-electron chi connectivity index (χ4n) is 8.34. The fourth-order valence-corrected chi connectivity index (χ4v) is 9.67. The van der Waals surface area contributed by atoms with Gasteiger partial charge in [0, 0.05) is 45.0 Å². The zero-order chi connectivity index (χ0) is 51.7. The molecule has 3 aromatic carbocycles. The molecule has 20 heteroatoms. The SMILES string of the molecule is Cc1ncsc1-c1ccc(CNC(=O)C2CC(O)CN2C(=O)C(NC(=O)COCCCOCCCCCOc2ccc(N3C(=S)N(c4ccc(C#N)c(C(F)(F)F)c4)C(=O)C3(C)C)cc2)C(C)(C)C)cc1. The number of ether oxygens (including phenoxy) is 3. The lowest BCUT2D eigenvalue weighted by atomic mass is 9.85. The molecule has 0 aliphatic carbocycles. The number of aliphatic hydroxyl groups excluding tert-OH is 1. The van der Waals surface area contributed by atoms with Crippen LogP contribution in [0.25, 0.3) is 10.4 Å². The molecular weight excluding hydrogens is 960 g/mol. The highest BCUT2D eigenvalue weighted by atomic mass is 32.1. The van der Waals surface area contributed by atoms with Crippen molar-refractivity contribution in [1.29, 1.82) is 5.26 Å². The van der Waals surface area contributed by atoms with Gasteiger partial charge in [-0.05, 0) is 118 Å². The molecule has 0 bridgehead atoms. The van der Waals surface area contributed by atoms with Crippen molar-refractivity contribution >= 4 is 63.7 Å². The van der Waals surface area contributed by atoms with Crippen molar-refractivity contribution in [3.05, 3.63) is 94.6 Å². The molecule has 2 saturated heterocycles. The minimum Gasteiger partial charge on any atom is -0.494 e. The third kappa shape index (κ3) is 13.5. The van der Waals surface area contributed by atoms with E-state index in [1.165, 1.54) is 11.0 Å². The van der Waals surface area contributed by atoms with Gasteiger partial charge >= 0.3 is 6.18 Å². The van der Waals surface area contributed by atoms with E-state index in [2.05, 4.69) is 15.6 Å². The number of aromatic nitrogens is 1. The number of halogens is 3. The number of unbranched alkanes of at least 4 members (excludes halogenated alkanes) is 2. The quantitative estimate of drug-likeness (QED) is 0.0546. The molecule has 4 amide bonds. The molecule has 3 atom stereocenters. The summed E-state index contributed by atoms with van der Waals surface area (Å²) in [6.07, 6.45) is -2.66. The van der Waals surface area contributed by atoms with Crippen molar-refractivity contribution < 1.29 is 51.7 Å². The van der Waals surface area contributed by atoms with Gasteiger partial charge in [0.1, 0.15) is 30.0 Å². The van der Waals surface area contributed by atoms with Crippen LogP contribution in [0.1, 0.15) is 89.1 Å². The molecule has 0 saturated carbocycles. The van der Waals surface area contributed by atoms with Gasteiger partial charge in [0.15, 0.2) is 5.11 Å². The lowest BCUT2D eigenvalue weighted by Gasteiger charge is -2.35. The number of alkyl halides is 3. The Hall–Kier alpha value is -5.98. The Morgan fingerprint density at radius 2 is 1.62 bits per heavy atom. The van der Waals surface area contributed by atoms with Gasteiger partial charge in [0.2, 0.25) is 17.7 Å². The van der Waals surface area contributed by atoms with Crippen LogP contribution in [0.4, 0.5) is 24.5 Å². The number of thiocarbonyl (C=S) groups is 1. The Balaban J connectivity index is 0.851. The number of nitrogens with one attached hydrogen (secondary N) is 2. The second-order valence-corrected chi connectivity index (χ2v) is 20.2. The highest BCUT2D eigenvalue weighted by Gasteiger charge is 2.51. The number of likely N-dealkylation sites (tertiary alicyclic amines) is 1. The van der Waals surface area contributed by atoms with Crippen molar-refractivity contribution in [2.24, 2.45) is 5.41 Å². The van der Waals surface area contributed by atoms with Crippen LogP contribution in [-0.4, -0.2) is 107 Å². The summed E-state index contributed by atoms with van der Waals surface area (Å²) in [7, 11) is 0. The highest BCUT2D eigenvalue weighted by Crippen LogP contribution is 2.40. The largest absolute Gasteiger partial charge is 0.494 e. The average Bonchev–Trinajstić information content (AvgIpc) is 3.99. The summed E-state index contributed by atoms with van der Waals surface area (Å²) in [5.74, 6) is -1.25. The second-order valence-electron chi connectivity index (χ2n) is 19.0. The number of amides is 4. The van der Waals surface area contributed by atoms with Crippen LogP contribution in [-0.2, 0) is 41.4 Å². The molecule has 4 aromatic rings. The van der Waals surface area contributed by atoms with Gasteiger partial charge in [-0.25, -0.2) is 4.98 Å². The number of thiazole rings is 1. The van der Waals surface area contributed by atoms with Crippen LogP contribution in [0.2, 0.25) is 0 Å². The summed E-state index contributed by atoms with van der Waals surface area (Å²) in [5, 5.41) is 25.5. The third-order valence-electron chi connectivity index (χ3n) is 12.2.